The number of likely N-dealkylation sites (tertiary alicyclic amines) is 1. The van der Waals surface area contributed by atoms with Gasteiger partial charge in [0.2, 0.25) is 0 Å². The van der Waals surface area contributed by atoms with Gasteiger partial charge in [0.25, 0.3) is 0 Å². The largest absolute Gasteiger partial charge is 0.335 e. The number of piperidine rings is 1. The molecule has 0 radical (unpaired) electrons. The predicted octanol–water partition coefficient (Wildman–Crippen LogP) is 3.85. The highest BCUT2D eigenvalue weighted by atomic mass is 19.1. The fraction of sp³-hybridized carbons (Fsp3) is 0.391. The highest BCUT2D eigenvalue weighted by molar-refractivity contribution is 5.96. The number of anilines is 1. The Labute approximate surface area is 170 Å². The van der Waals surface area contributed by atoms with Gasteiger partial charge in [-0.25, -0.2) is 9.18 Å². The summed E-state index contributed by atoms with van der Waals surface area (Å²) in [5, 5.41) is 3.02. The smallest absolute Gasteiger partial charge is 0.322 e. The number of nitrogens with zero attached hydrogens (tertiary/aromatic N) is 2. The van der Waals surface area contributed by atoms with Gasteiger partial charge in [-0.1, -0.05) is 18.2 Å². The minimum atomic E-state index is -0.326. The van der Waals surface area contributed by atoms with Crippen molar-refractivity contribution >= 4 is 17.5 Å². The maximum Gasteiger partial charge on any atom is 0.322 e. The van der Waals surface area contributed by atoms with Crippen LogP contribution < -0.4 is 10.2 Å². The molecule has 2 aliphatic rings. The lowest BCUT2D eigenvalue weighted by Gasteiger charge is -2.43. The number of urea groups is 1. The maximum absolute atomic E-state index is 13.0. The predicted molar refractivity (Wildman–Crippen MR) is 111 cm³/mol. The van der Waals surface area contributed by atoms with E-state index in [4.69, 9.17) is 0 Å². The van der Waals surface area contributed by atoms with E-state index in [0.29, 0.717) is 18.5 Å². The number of carbonyl (C=O) groups is 2. The van der Waals surface area contributed by atoms with Gasteiger partial charge in [0.15, 0.2) is 5.78 Å². The lowest BCUT2D eigenvalue weighted by molar-refractivity contribution is 0.0968. The van der Waals surface area contributed by atoms with Crippen LogP contribution in [0.2, 0.25) is 0 Å². The molecule has 2 saturated heterocycles. The summed E-state index contributed by atoms with van der Waals surface area (Å²) in [5.74, 6) is -0.271. The van der Waals surface area contributed by atoms with Crippen molar-refractivity contribution < 1.29 is 14.0 Å². The lowest BCUT2D eigenvalue weighted by atomic mass is 9.86. The van der Waals surface area contributed by atoms with Crippen molar-refractivity contribution in [2.45, 2.75) is 31.2 Å². The third-order valence-corrected chi connectivity index (χ3v) is 6.09. The van der Waals surface area contributed by atoms with E-state index >= 15 is 0 Å². The normalized spacial score (nSPS) is 18.8. The summed E-state index contributed by atoms with van der Waals surface area (Å²) in [6.45, 7) is 3.35. The summed E-state index contributed by atoms with van der Waals surface area (Å²) in [4.78, 5) is 29.0. The van der Waals surface area contributed by atoms with Crippen LogP contribution in [0.4, 0.5) is 14.9 Å². The molecule has 0 saturated carbocycles. The minimum absolute atomic E-state index is 0.0189. The Bertz CT molecular complexity index is 861. The van der Waals surface area contributed by atoms with Crippen LogP contribution in [0.3, 0.4) is 0 Å². The van der Waals surface area contributed by atoms with Crippen LogP contribution in [0.1, 0.15) is 36.0 Å². The summed E-state index contributed by atoms with van der Waals surface area (Å²) in [5.41, 5.74) is 1.35. The molecular formula is C23H26FN3O2. The first-order valence-corrected chi connectivity index (χ1v) is 10.2. The first-order valence-electron chi connectivity index (χ1n) is 10.2. The zero-order chi connectivity index (χ0) is 20.3. The third kappa shape index (κ3) is 4.17. The van der Waals surface area contributed by atoms with Gasteiger partial charge in [-0.15, -0.1) is 0 Å². The Kier molecular flexibility index (Phi) is 5.62. The van der Waals surface area contributed by atoms with E-state index in [0.717, 1.165) is 44.6 Å². The number of nitrogens with one attached hydrogen (secondary N) is 1. The van der Waals surface area contributed by atoms with Crippen molar-refractivity contribution in [1.82, 2.24) is 10.2 Å². The summed E-state index contributed by atoms with van der Waals surface area (Å²) >= 11 is 0. The molecule has 2 aliphatic heterocycles. The van der Waals surface area contributed by atoms with Crippen LogP contribution in [0.25, 0.3) is 0 Å². The molecule has 4 rings (SSSR count). The average molecular weight is 395 g/mol. The molecule has 0 bridgehead atoms. The number of para-hydroxylation sites is 1. The first kappa shape index (κ1) is 19.6. The van der Waals surface area contributed by atoms with Crippen LogP contribution in [0.15, 0.2) is 54.6 Å². The molecule has 2 aromatic rings. The molecule has 1 spiro atoms. The number of Topliss-reactive ketones (excluding diaryl/α,β-unsaturated/α-hetero) is 1. The standard InChI is InChI=1S/C23H26FN3O2/c24-19-10-8-18(9-11-19)21(28)7-4-14-26-15-12-23(13-16-26)17-25-22(29)27(23)20-5-2-1-3-6-20/h1-3,5-6,8-11H,4,7,12-17H2,(H,25,29). The highest BCUT2D eigenvalue weighted by Gasteiger charge is 2.47. The zero-order valence-corrected chi connectivity index (χ0v) is 16.4. The molecule has 0 atom stereocenters. The van der Waals surface area contributed by atoms with Crippen LogP contribution in [0, 0.1) is 5.82 Å². The Morgan fingerprint density at radius 3 is 2.41 bits per heavy atom. The Morgan fingerprint density at radius 1 is 1.03 bits per heavy atom. The molecule has 2 heterocycles. The number of carbonyl (C=O) groups excluding carboxylic acids is 2. The van der Waals surface area contributed by atoms with E-state index in [-0.39, 0.29) is 23.2 Å². The Balaban J connectivity index is 1.29. The molecule has 6 heteroatoms. The van der Waals surface area contributed by atoms with Crippen LogP contribution in [-0.2, 0) is 0 Å². The monoisotopic (exact) mass is 395 g/mol. The molecule has 2 fully saturated rings. The number of benzene rings is 2. The van der Waals surface area contributed by atoms with Gasteiger partial charge in [-0.3, -0.25) is 9.69 Å². The molecule has 29 heavy (non-hydrogen) atoms. The Morgan fingerprint density at radius 2 is 1.72 bits per heavy atom. The average Bonchev–Trinajstić information content (AvgIpc) is 3.06. The number of hydrogen-bond acceptors (Lipinski definition) is 3. The summed E-state index contributed by atoms with van der Waals surface area (Å²) < 4.78 is 13.0. The number of amides is 2. The van der Waals surface area contributed by atoms with Gasteiger partial charge in [-0.05, 0) is 62.2 Å². The zero-order valence-electron chi connectivity index (χ0n) is 16.4. The third-order valence-electron chi connectivity index (χ3n) is 6.09. The fourth-order valence-corrected chi connectivity index (χ4v) is 4.42. The number of ketones is 1. The number of halogens is 1. The van der Waals surface area contributed by atoms with Crippen molar-refractivity contribution in [3.8, 4) is 0 Å². The van der Waals surface area contributed by atoms with Crippen molar-refractivity contribution in [3.63, 3.8) is 0 Å². The number of rotatable bonds is 6. The topological polar surface area (TPSA) is 52.7 Å². The first-order chi connectivity index (χ1) is 14.1. The van der Waals surface area contributed by atoms with E-state index in [1.807, 2.05) is 35.2 Å². The van der Waals surface area contributed by atoms with Crippen molar-refractivity contribution in [2.24, 2.45) is 0 Å². The van der Waals surface area contributed by atoms with Crippen LogP contribution in [-0.4, -0.2) is 48.4 Å². The maximum atomic E-state index is 13.0. The molecular weight excluding hydrogens is 369 g/mol. The van der Waals surface area contributed by atoms with Gasteiger partial charge in [0, 0.05) is 37.3 Å². The van der Waals surface area contributed by atoms with Crippen molar-refractivity contribution in [2.75, 3.05) is 31.1 Å². The minimum Gasteiger partial charge on any atom is -0.335 e. The summed E-state index contributed by atoms with van der Waals surface area (Å²) in [6, 6.07) is 15.6. The second-order valence-electron chi connectivity index (χ2n) is 7.93. The second-order valence-corrected chi connectivity index (χ2v) is 7.93. The molecule has 5 nitrogen and oxygen atoms in total. The molecule has 0 unspecified atom stereocenters. The second kappa shape index (κ2) is 8.33. The molecule has 2 aromatic carbocycles. The van der Waals surface area contributed by atoms with Crippen molar-refractivity contribution in [1.29, 1.82) is 0 Å². The molecule has 2 amide bonds. The number of hydrogen-bond donors (Lipinski definition) is 1. The van der Waals surface area contributed by atoms with Gasteiger partial charge >= 0.3 is 6.03 Å². The lowest BCUT2D eigenvalue weighted by Crippen LogP contribution is -2.55. The van der Waals surface area contributed by atoms with E-state index in [1.54, 1.807) is 12.1 Å². The SMILES string of the molecule is O=C(CCCN1CCC2(CC1)CNC(=O)N2c1ccccc1)c1ccc(F)cc1. The van der Waals surface area contributed by atoms with Crippen molar-refractivity contribution in [3.05, 3.63) is 66.0 Å². The molecule has 152 valence electrons. The molecule has 0 aromatic heterocycles. The molecule has 1 N–H and O–H groups in total. The van der Waals surface area contributed by atoms with Gasteiger partial charge in [0.05, 0.1) is 5.54 Å². The van der Waals surface area contributed by atoms with E-state index in [1.165, 1.54) is 12.1 Å². The summed E-state index contributed by atoms with van der Waals surface area (Å²) in [6.07, 6.45) is 3.06. The summed E-state index contributed by atoms with van der Waals surface area (Å²) in [7, 11) is 0. The van der Waals surface area contributed by atoms with Crippen LogP contribution >= 0.6 is 0 Å². The highest BCUT2D eigenvalue weighted by Crippen LogP contribution is 2.36. The van der Waals surface area contributed by atoms with E-state index in [9.17, 15) is 14.0 Å². The Hall–Kier alpha value is -2.73. The van der Waals surface area contributed by atoms with Gasteiger partial charge < -0.3 is 10.2 Å². The fourth-order valence-electron chi connectivity index (χ4n) is 4.42. The van der Waals surface area contributed by atoms with Crippen LogP contribution in [0.5, 0.6) is 0 Å². The van der Waals surface area contributed by atoms with E-state index in [2.05, 4.69) is 10.2 Å². The van der Waals surface area contributed by atoms with Gasteiger partial charge in [-0.2, -0.15) is 0 Å². The van der Waals surface area contributed by atoms with E-state index < -0.39 is 0 Å². The molecule has 0 aliphatic carbocycles. The van der Waals surface area contributed by atoms with Gasteiger partial charge in [0.1, 0.15) is 5.82 Å². The quantitative estimate of drug-likeness (QED) is 0.756.